The van der Waals surface area contributed by atoms with Crippen molar-refractivity contribution in [1.82, 2.24) is 10.2 Å². The minimum absolute atomic E-state index is 0.558. The van der Waals surface area contributed by atoms with Gasteiger partial charge in [0.15, 0.2) is 0 Å². The summed E-state index contributed by atoms with van der Waals surface area (Å²) >= 11 is 0. The molecule has 1 saturated heterocycles. The van der Waals surface area contributed by atoms with Crippen LogP contribution in [0.1, 0.15) is 69.4 Å². The molecule has 2 aliphatic carbocycles. The molecule has 1 saturated carbocycles. The van der Waals surface area contributed by atoms with E-state index in [2.05, 4.69) is 84.9 Å². The van der Waals surface area contributed by atoms with Gasteiger partial charge in [0.2, 0.25) is 0 Å². The van der Waals surface area contributed by atoms with Gasteiger partial charge in [-0.05, 0) is 79.8 Å². The third kappa shape index (κ3) is 7.39. The molecule has 0 radical (unpaired) electrons. The molecule has 0 amide bonds. The third-order valence-corrected chi connectivity index (χ3v) is 7.48. The summed E-state index contributed by atoms with van der Waals surface area (Å²) in [6.07, 6.45) is 8.53. The van der Waals surface area contributed by atoms with E-state index >= 15 is 0 Å². The monoisotopic (exact) mass is 472 g/mol. The van der Waals surface area contributed by atoms with E-state index in [4.69, 9.17) is 5.41 Å². The highest BCUT2D eigenvalue weighted by Gasteiger charge is 2.23. The summed E-state index contributed by atoms with van der Waals surface area (Å²) < 4.78 is 0. The van der Waals surface area contributed by atoms with Gasteiger partial charge in [-0.15, -0.1) is 0 Å². The predicted molar refractivity (Wildman–Crippen MR) is 151 cm³/mol. The van der Waals surface area contributed by atoms with Gasteiger partial charge in [0.25, 0.3) is 0 Å². The molecule has 1 aliphatic heterocycles. The zero-order chi connectivity index (χ0) is 25.0. The average Bonchev–Trinajstić information content (AvgIpc) is 3.18. The van der Waals surface area contributed by atoms with E-state index in [-0.39, 0.29) is 0 Å². The lowest BCUT2D eigenvalue weighted by Gasteiger charge is -2.27. The Labute approximate surface area is 212 Å². The highest BCUT2D eigenvalue weighted by molar-refractivity contribution is 5.78. The number of nitrogens with one attached hydrogen (secondary N) is 2. The van der Waals surface area contributed by atoms with Crippen molar-refractivity contribution in [2.45, 2.75) is 58.3 Å². The van der Waals surface area contributed by atoms with Crippen LogP contribution in [0.15, 0.2) is 71.8 Å². The number of hydrogen-bond donors (Lipinski definition) is 3. The van der Waals surface area contributed by atoms with Crippen LogP contribution in [-0.2, 0) is 0 Å². The maximum atomic E-state index is 5.86. The van der Waals surface area contributed by atoms with Gasteiger partial charge in [-0.25, -0.2) is 0 Å². The summed E-state index contributed by atoms with van der Waals surface area (Å²) in [7, 11) is 0. The molecule has 2 aromatic rings. The molecule has 5 rings (SSSR count). The van der Waals surface area contributed by atoms with Gasteiger partial charge in [-0.1, -0.05) is 73.2 Å². The lowest BCUT2D eigenvalue weighted by atomic mass is 9.86. The largest absolute Gasteiger partial charge is 0.390 e. The van der Waals surface area contributed by atoms with E-state index in [1.165, 1.54) is 86.0 Å². The second-order valence-electron chi connectivity index (χ2n) is 9.83. The number of nitrogens with zero attached hydrogens (tertiary/aromatic N) is 1. The maximum absolute atomic E-state index is 5.86. The van der Waals surface area contributed by atoms with Gasteiger partial charge in [0, 0.05) is 32.1 Å². The molecule has 0 aromatic heterocycles. The van der Waals surface area contributed by atoms with Crippen molar-refractivity contribution in [3.05, 3.63) is 83.0 Å². The fourth-order valence-electron chi connectivity index (χ4n) is 5.54. The molecule has 2 aromatic carbocycles. The fourth-order valence-corrected chi connectivity index (χ4v) is 5.54. The van der Waals surface area contributed by atoms with Crippen LogP contribution >= 0.6 is 0 Å². The van der Waals surface area contributed by atoms with Crippen LogP contribution in [0.5, 0.6) is 0 Å². The van der Waals surface area contributed by atoms with E-state index in [1.54, 1.807) is 11.1 Å². The van der Waals surface area contributed by atoms with Gasteiger partial charge in [-0.2, -0.15) is 0 Å². The highest BCUT2D eigenvalue weighted by Crippen LogP contribution is 2.43. The minimum Gasteiger partial charge on any atom is -0.390 e. The number of piperazine rings is 1. The quantitative estimate of drug-likeness (QED) is 0.352. The average molecular weight is 473 g/mol. The van der Waals surface area contributed by atoms with Gasteiger partial charge < -0.3 is 16.0 Å². The van der Waals surface area contributed by atoms with Crippen LogP contribution in [0.4, 0.5) is 0 Å². The molecular formula is C31H44N4. The van der Waals surface area contributed by atoms with Crippen LogP contribution in [0, 0.1) is 5.41 Å². The van der Waals surface area contributed by atoms with E-state index in [0.717, 1.165) is 19.4 Å². The first kappa shape index (κ1) is 26.9. The molecule has 0 bridgehead atoms. The number of nitrogens with two attached hydrogens (primary N) is 1. The number of fused-ring (bicyclic) bond motifs is 3. The summed E-state index contributed by atoms with van der Waals surface area (Å²) in [5.41, 5.74) is 14.8. The number of hydrogen-bond acceptors (Lipinski definition) is 3. The molecule has 35 heavy (non-hydrogen) atoms. The number of benzene rings is 2. The summed E-state index contributed by atoms with van der Waals surface area (Å²) in [5, 5.41) is 9.27. The smallest absolute Gasteiger partial charge is 0.0765 e. The standard InChI is InChI=1S/C16H28N2.C14H12.CH4N2/c1-14-6-3-4-8-16(14)15(2)7-5-11-18-12-9-17-10-13-18;1-10-11-6-2-4-8-13(11)14-9-5-3-7-12(10)14;2-1-3/h17H,1,3-13H2,2H3;2-10H,1H3;1H,(H3,2,3)/b16-15+;;. The van der Waals surface area contributed by atoms with Crippen molar-refractivity contribution < 1.29 is 0 Å². The molecular weight excluding hydrogens is 428 g/mol. The van der Waals surface area contributed by atoms with Crippen molar-refractivity contribution in [3.63, 3.8) is 0 Å². The Morgan fingerprint density at radius 2 is 1.57 bits per heavy atom. The first-order valence-electron chi connectivity index (χ1n) is 13.3. The molecule has 4 nitrogen and oxygen atoms in total. The van der Waals surface area contributed by atoms with Crippen molar-refractivity contribution in [2.24, 2.45) is 5.73 Å². The Bertz CT molecular complexity index is 955. The molecule has 0 atom stereocenters. The molecule has 188 valence electrons. The lowest BCUT2D eigenvalue weighted by molar-refractivity contribution is 0.238. The molecule has 4 N–H and O–H groups in total. The third-order valence-electron chi connectivity index (χ3n) is 7.48. The number of allylic oxidation sites excluding steroid dienone is 3. The van der Waals surface area contributed by atoms with Gasteiger partial charge in [0.05, 0.1) is 6.34 Å². The SMILES string of the molecule is C=C1CCCC/C1=C(/C)CCCN1CCNCC1.CC1c2ccccc2-c2ccccc21.N=CN. The van der Waals surface area contributed by atoms with Crippen molar-refractivity contribution in [1.29, 1.82) is 5.41 Å². The summed E-state index contributed by atoms with van der Waals surface area (Å²) in [4.78, 5) is 2.59. The molecule has 3 aliphatic rings. The van der Waals surface area contributed by atoms with Crippen LogP contribution in [0.2, 0.25) is 0 Å². The normalized spacial score (nSPS) is 18.9. The van der Waals surface area contributed by atoms with Gasteiger partial charge in [0.1, 0.15) is 0 Å². The van der Waals surface area contributed by atoms with E-state index < -0.39 is 0 Å². The Kier molecular flexibility index (Phi) is 10.8. The van der Waals surface area contributed by atoms with Crippen molar-refractivity contribution >= 4 is 6.34 Å². The second kappa shape index (κ2) is 14.0. The Morgan fingerprint density at radius 1 is 1.03 bits per heavy atom. The van der Waals surface area contributed by atoms with E-state index in [1.807, 2.05) is 0 Å². The Hall–Kier alpha value is -2.69. The minimum atomic E-state index is 0.558. The van der Waals surface area contributed by atoms with E-state index in [0.29, 0.717) is 5.92 Å². The van der Waals surface area contributed by atoms with Crippen molar-refractivity contribution in [2.75, 3.05) is 32.7 Å². The topological polar surface area (TPSA) is 65.1 Å². The first-order chi connectivity index (χ1) is 17.1. The second-order valence-corrected chi connectivity index (χ2v) is 9.83. The molecule has 0 spiro atoms. The Balaban J connectivity index is 0.000000180. The van der Waals surface area contributed by atoms with Gasteiger partial charge >= 0.3 is 0 Å². The molecule has 4 heteroatoms. The molecule has 2 fully saturated rings. The highest BCUT2D eigenvalue weighted by atomic mass is 15.2. The van der Waals surface area contributed by atoms with Crippen LogP contribution < -0.4 is 11.1 Å². The summed E-state index contributed by atoms with van der Waals surface area (Å²) in [6.45, 7) is 14.9. The van der Waals surface area contributed by atoms with Gasteiger partial charge in [-0.3, -0.25) is 5.41 Å². The number of rotatable bonds is 4. The van der Waals surface area contributed by atoms with Crippen LogP contribution in [-0.4, -0.2) is 44.0 Å². The maximum Gasteiger partial charge on any atom is 0.0765 e. The van der Waals surface area contributed by atoms with Crippen molar-refractivity contribution in [3.8, 4) is 11.1 Å². The van der Waals surface area contributed by atoms with Crippen LogP contribution in [0.3, 0.4) is 0 Å². The molecule has 0 unspecified atom stereocenters. The fraction of sp³-hybridized carbons (Fsp3) is 0.452. The zero-order valence-corrected chi connectivity index (χ0v) is 21.8. The lowest BCUT2D eigenvalue weighted by Crippen LogP contribution is -2.43. The Morgan fingerprint density at radius 3 is 2.14 bits per heavy atom. The molecule has 1 heterocycles. The van der Waals surface area contributed by atoms with E-state index in [9.17, 15) is 0 Å². The van der Waals surface area contributed by atoms with Crippen LogP contribution in [0.25, 0.3) is 11.1 Å². The summed E-state index contributed by atoms with van der Waals surface area (Å²) in [6, 6.07) is 17.4. The zero-order valence-electron chi connectivity index (χ0n) is 21.8. The first-order valence-corrected chi connectivity index (χ1v) is 13.3. The summed E-state index contributed by atoms with van der Waals surface area (Å²) in [5.74, 6) is 0.558. The predicted octanol–water partition coefficient (Wildman–Crippen LogP) is 6.49.